The zero-order valence-electron chi connectivity index (χ0n) is 14.3. The summed E-state index contributed by atoms with van der Waals surface area (Å²) in [5.74, 6) is 0.765. The monoisotopic (exact) mass is 332 g/mol. The van der Waals surface area contributed by atoms with Gasteiger partial charge in [-0.2, -0.15) is 0 Å². The highest BCUT2D eigenvalue weighted by molar-refractivity contribution is 5.84. The van der Waals surface area contributed by atoms with E-state index in [1.807, 2.05) is 0 Å². The van der Waals surface area contributed by atoms with E-state index in [0.717, 1.165) is 25.8 Å². The molecule has 2 aliphatic rings. The standard InChI is InChI=1S/C18H28N4O2/c23-13-9-18(16(24)21-15-6-3-1-2-4-7-15)8-12-22(14-18)17-19-10-5-11-20-17/h5,10-11,15,23H,1-4,6-9,12-14H2,(H,21,24). The van der Waals surface area contributed by atoms with Crippen molar-refractivity contribution in [3.05, 3.63) is 18.5 Å². The van der Waals surface area contributed by atoms with Gasteiger partial charge in [-0.3, -0.25) is 4.79 Å². The number of amides is 1. The summed E-state index contributed by atoms with van der Waals surface area (Å²) in [5.41, 5.74) is -0.528. The number of carbonyl (C=O) groups excluding carboxylic acids is 1. The quantitative estimate of drug-likeness (QED) is 0.805. The van der Waals surface area contributed by atoms with Gasteiger partial charge in [0.1, 0.15) is 0 Å². The summed E-state index contributed by atoms with van der Waals surface area (Å²) in [5, 5.41) is 12.8. The lowest BCUT2D eigenvalue weighted by Crippen LogP contribution is -2.47. The van der Waals surface area contributed by atoms with E-state index in [1.54, 1.807) is 18.5 Å². The minimum atomic E-state index is -0.528. The molecular formula is C18H28N4O2. The topological polar surface area (TPSA) is 78.4 Å². The summed E-state index contributed by atoms with van der Waals surface area (Å²) in [6, 6.07) is 2.08. The molecule has 0 radical (unpaired) electrons. The highest BCUT2D eigenvalue weighted by atomic mass is 16.3. The van der Waals surface area contributed by atoms with Gasteiger partial charge in [-0.05, 0) is 31.7 Å². The van der Waals surface area contributed by atoms with Crippen molar-refractivity contribution in [1.82, 2.24) is 15.3 Å². The molecule has 1 aliphatic carbocycles. The molecule has 0 bridgehead atoms. The number of aliphatic hydroxyl groups is 1. The van der Waals surface area contributed by atoms with Gasteiger partial charge in [0.05, 0.1) is 5.41 Å². The Morgan fingerprint density at radius 1 is 1.25 bits per heavy atom. The van der Waals surface area contributed by atoms with E-state index in [0.29, 0.717) is 18.9 Å². The first-order valence-electron chi connectivity index (χ1n) is 9.17. The van der Waals surface area contributed by atoms with E-state index < -0.39 is 5.41 Å². The largest absolute Gasteiger partial charge is 0.396 e. The summed E-state index contributed by atoms with van der Waals surface area (Å²) >= 11 is 0. The number of nitrogens with zero attached hydrogens (tertiary/aromatic N) is 3. The number of hydrogen-bond donors (Lipinski definition) is 2. The van der Waals surface area contributed by atoms with Crippen LogP contribution in [0.3, 0.4) is 0 Å². The average Bonchev–Trinajstić information content (AvgIpc) is 2.88. The van der Waals surface area contributed by atoms with Gasteiger partial charge >= 0.3 is 0 Å². The van der Waals surface area contributed by atoms with Crippen LogP contribution in [-0.4, -0.2) is 46.7 Å². The van der Waals surface area contributed by atoms with Crippen LogP contribution in [0.4, 0.5) is 5.95 Å². The van der Waals surface area contributed by atoms with Crippen LogP contribution in [0.2, 0.25) is 0 Å². The van der Waals surface area contributed by atoms with E-state index >= 15 is 0 Å². The summed E-state index contributed by atoms with van der Waals surface area (Å²) in [7, 11) is 0. The van der Waals surface area contributed by atoms with Gasteiger partial charge in [0.25, 0.3) is 0 Å². The third-order valence-electron chi connectivity index (χ3n) is 5.45. The Kier molecular flexibility index (Phi) is 5.66. The first-order valence-corrected chi connectivity index (χ1v) is 9.17. The van der Waals surface area contributed by atoms with Crippen LogP contribution in [0.5, 0.6) is 0 Å². The van der Waals surface area contributed by atoms with E-state index in [9.17, 15) is 9.90 Å². The fourth-order valence-electron chi connectivity index (χ4n) is 3.98. The van der Waals surface area contributed by atoms with Crippen molar-refractivity contribution in [3.63, 3.8) is 0 Å². The lowest BCUT2D eigenvalue weighted by molar-refractivity contribution is -0.131. The molecule has 6 nitrogen and oxygen atoms in total. The number of aliphatic hydroxyl groups excluding tert-OH is 1. The van der Waals surface area contributed by atoms with Crippen LogP contribution in [0, 0.1) is 5.41 Å². The first kappa shape index (κ1) is 17.1. The van der Waals surface area contributed by atoms with Gasteiger partial charge in [0.2, 0.25) is 11.9 Å². The predicted molar refractivity (Wildman–Crippen MR) is 92.6 cm³/mol. The van der Waals surface area contributed by atoms with E-state index in [1.165, 1.54) is 25.7 Å². The Morgan fingerprint density at radius 2 is 1.96 bits per heavy atom. The summed E-state index contributed by atoms with van der Waals surface area (Å²) in [4.78, 5) is 23.7. The van der Waals surface area contributed by atoms with Crippen LogP contribution < -0.4 is 10.2 Å². The van der Waals surface area contributed by atoms with Crippen LogP contribution in [0.25, 0.3) is 0 Å². The molecule has 2 heterocycles. The SMILES string of the molecule is O=C(NC1CCCCCC1)C1(CCO)CCN(c2ncccn2)C1. The molecule has 3 rings (SSSR count). The molecule has 24 heavy (non-hydrogen) atoms. The summed E-state index contributed by atoms with van der Waals surface area (Å²) in [6.45, 7) is 1.36. The highest BCUT2D eigenvalue weighted by Crippen LogP contribution is 2.36. The molecule has 1 saturated heterocycles. The Morgan fingerprint density at radius 3 is 2.62 bits per heavy atom. The molecule has 1 saturated carbocycles. The Balaban J connectivity index is 1.68. The molecule has 2 N–H and O–H groups in total. The van der Waals surface area contributed by atoms with E-state index in [4.69, 9.17) is 0 Å². The Labute approximate surface area is 143 Å². The lowest BCUT2D eigenvalue weighted by Gasteiger charge is -2.30. The number of rotatable bonds is 5. The van der Waals surface area contributed by atoms with Crippen molar-refractivity contribution in [2.24, 2.45) is 5.41 Å². The maximum atomic E-state index is 13.0. The molecule has 1 aliphatic heterocycles. The van der Waals surface area contributed by atoms with Crippen molar-refractivity contribution < 1.29 is 9.90 Å². The summed E-state index contributed by atoms with van der Waals surface area (Å²) in [6.07, 6.45) is 11.8. The van der Waals surface area contributed by atoms with E-state index in [2.05, 4.69) is 20.2 Å². The molecule has 1 aromatic heterocycles. The minimum absolute atomic E-state index is 0.0293. The van der Waals surface area contributed by atoms with E-state index in [-0.39, 0.29) is 18.6 Å². The highest BCUT2D eigenvalue weighted by Gasteiger charge is 2.45. The zero-order chi connectivity index (χ0) is 16.8. The van der Waals surface area contributed by atoms with Gasteiger partial charge in [-0.25, -0.2) is 9.97 Å². The third kappa shape index (κ3) is 3.86. The molecule has 1 atom stereocenters. The molecular weight excluding hydrogens is 304 g/mol. The molecule has 132 valence electrons. The second kappa shape index (κ2) is 7.92. The molecule has 0 aromatic carbocycles. The number of hydrogen-bond acceptors (Lipinski definition) is 5. The molecule has 0 spiro atoms. The second-order valence-electron chi connectivity index (χ2n) is 7.14. The van der Waals surface area contributed by atoms with Crippen molar-refractivity contribution >= 4 is 11.9 Å². The third-order valence-corrected chi connectivity index (χ3v) is 5.45. The van der Waals surface area contributed by atoms with Gasteiger partial charge in [-0.1, -0.05) is 25.7 Å². The molecule has 1 unspecified atom stereocenters. The van der Waals surface area contributed by atoms with Gasteiger partial charge in [0.15, 0.2) is 0 Å². The van der Waals surface area contributed by atoms with Crippen LogP contribution in [-0.2, 0) is 4.79 Å². The smallest absolute Gasteiger partial charge is 0.228 e. The summed E-state index contributed by atoms with van der Waals surface area (Å²) < 4.78 is 0. The normalized spacial score (nSPS) is 25.5. The zero-order valence-corrected chi connectivity index (χ0v) is 14.3. The second-order valence-corrected chi connectivity index (χ2v) is 7.14. The fraction of sp³-hybridized carbons (Fsp3) is 0.722. The van der Waals surface area contributed by atoms with Crippen molar-refractivity contribution in [2.45, 2.75) is 57.4 Å². The molecule has 2 fully saturated rings. The minimum Gasteiger partial charge on any atom is -0.396 e. The average molecular weight is 332 g/mol. The van der Waals surface area contributed by atoms with Crippen LogP contribution in [0.1, 0.15) is 51.4 Å². The maximum absolute atomic E-state index is 13.0. The number of aromatic nitrogens is 2. The number of carbonyl (C=O) groups is 1. The predicted octanol–water partition coefficient (Wildman–Crippen LogP) is 1.89. The Bertz CT molecular complexity index is 531. The van der Waals surface area contributed by atoms with Crippen LogP contribution in [0.15, 0.2) is 18.5 Å². The van der Waals surface area contributed by atoms with Crippen molar-refractivity contribution in [1.29, 1.82) is 0 Å². The van der Waals surface area contributed by atoms with Crippen molar-refractivity contribution in [2.75, 3.05) is 24.6 Å². The number of anilines is 1. The molecule has 6 heteroatoms. The molecule has 1 aromatic rings. The fourth-order valence-corrected chi connectivity index (χ4v) is 3.98. The molecule has 1 amide bonds. The first-order chi connectivity index (χ1) is 11.7. The lowest BCUT2D eigenvalue weighted by atomic mass is 9.82. The maximum Gasteiger partial charge on any atom is 0.228 e. The van der Waals surface area contributed by atoms with Gasteiger partial charge in [-0.15, -0.1) is 0 Å². The van der Waals surface area contributed by atoms with Gasteiger partial charge in [0, 0.05) is 38.1 Å². The van der Waals surface area contributed by atoms with Crippen molar-refractivity contribution in [3.8, 4) is 0 Å². The Hall–Kier alpha value is -1.69. The van der Waals surface area contributed by atoms with Crippen LogP contribution >= 0.6 is 0 Å². The number of nitrogens with one attached hydrogen (secondary N) is 1. The van der Waals surface area contributed by atoms with Gasteiger partial charge < -0.3 is 15.3 Å².